The molecule has 248 valence electrons. The molecule has 1 amide bonds. The van der Waals surface area contributed by atoms with E-state index in [4.69, 9.17) is 21.9 Å². The van der Waals surface area contributed by atoms with Gasteiger partial charge in [-0.25, -0.2) is 0 Å². The van der Waals surface area contributed by atoms with E-state index >= 15 is 0 Å². The smallest absolute Gasteiger partial charge is 0.316 e. The number of carbonyl (C=O) groups excluding carboxylic acids is 3. The number of aliphatic hydroxyl groups excluding tert-OH is 1. The van der Waals surface area contributed by atoms with Gasteiger partial charge >= 0.3 is 5.97 Å². The number of carbonyl (C=O) groups is 3. The van der Waals surface area contributed by atoms with Gasteiger partial charge in [0.05, 0.1) is 17.9 Å². The zero-order valence-electron chi connectivity index (χ0n) is 27.1. The number of amides is 1. The Labute approximate surface area is 271 Å². The molecule has 11 heteroatoms. The van der Waals surface area contributed by atoms with Crippen LogP contribution in [-0.4, -0.2) is 59.3 Å². The summed E-state index contributed by atoms with van der Waals surface area (Å²) in [4.78, 5) is 44.4. The molecule has 0 radical (unpaired) electrons. The van der Waals surface area contributed by atoms with Crippen LogP contribution in [-0.2, 0) is 19.1 Å². The molecule has 3 aliphatic carbocycles. The third-order valence-electron chi connectivity index (χ3n) is 11.3. The van der Waals surface area contributed by atoms with Crippen molar-refractivity contribution in [2.24, 2.45) is 56.2 Å². The number of hydrogen-bond acceptors (Lipinski definition) is 8. The summed E-state index contributed by atoms with van der Waals surface area (Å²) in [6.45, 7) is 12.9. The van der Waals surface area contributed by atoms with Gasteiger partial charge in [0.15, 0.2) is 5.96 Å². The van der Waals surface area contributed by atoms with Crippen LogP contribution in [0.1, 0.15) is 72.6 Å². The maximum absolute atomic E-state index is 13.6. The fourth-order valence-corrected chi connectivity index (χ4v) is 9.12. The van der Waals surface area contributed by atoms with E-state index in [1.54, 1.807) is 24.3 Å². The molecule has 10 nitrogen and oxygen atoms in total. The van der Waals surface area contributed by atoms with Crippen molar-refractivity contribution in [3.63, 3.8) is 0 Å². The highest BCUT2D eigenvalue weighted by Gasteiger charge is 2.68. The van der Waals surface area contributed by atoms with Gasteiger partial charge in [-0.2, -0.15) is 0 Å². The molecule has 2 bridgehead atoms. The van der Waals surface area contributed by atoms with E-state index in [0.717, 1.165) is 24.2 Å². The number of guanidine groups is 1. The highest BCUT2D eigenvalue weighted by molar-refractivity contribution is 8.00. The molecule has 3 saturated carbocycles. The highest BCUT2D eigenvalue weighted by Crippen LogP contribution is 2.68. The summed E-state index contributed by atoms with van der Waals surface area (Å²) in [5.41, 5.74) is 15.7. The number of Topliss-reactive ketones (excluding diaryl/α,β-unsaturated/α-hetero) is 1. The Hall–Kier alpha value is -2.89. The number of ketones is 1. The number of esters is 1. The van der Waals surface area contributed by atoms with Gasteiger partial charge in [-0.05, 0) is 74.0 Å². The molecule has 1 aromatic rings. The minimum absolute atomic E-state index is 0.00303. The number of aliphatic imine (C=N–C) groups is 1. The maximum atomic E-state index is 13.6. The first kappa shape index (κ1) is 35.0. The van der Waals surface area contributed by atoms with E-state index in [9.17, 15) is 19.5 Å². The molecule has 0 aliphatic heterocycles. The number of aliphatic hydroxyl groups is 1. The summed E-state index contributed by atoms with van der Waals surface area (Å²) in [5.74, 6) is -0.601. The fourth-order valence-electron chi connectivity index (χ4n) is 8.39. The molecular formula is C34H51N5O5S. The van der Waals surface area contributed by atoms with E-state index in [-0.39, 0.29) is 52.5 Å². The SMILES string of the molecule is C=C[C@]1(C)C[C@@H](OC(=O)CSc2cccc(NC(=O)C(N)CCCN=C(N)N)c2)[C@]2(C)C(C)CCC3(CCC(=O)C32)[C@@H](C)C1O. The largest absolute Gasteiger partial charge is 0.461 e. The second kappa shape index (κ2) is 13.8. The predicted molar refractivity (Wildman–Crippen MR) is 178 cm³/mol. The average Bonchev–Trinajstić information content (AvgIpc) is 3.36. The molecule has 4 rings (SSSR count). The third-order valence-corrected chi connectivity index (χ3v) is 12.3. The molecule has 0 spiro atoms. The molecule has 0 heterocycles. The number of hydrogen-bond donors (Lipinski definition) is 5. The number of rotatable bonds is 11. The first-order valence-electron chi connectivity index (χ1n) is 16.1. The van der Waals surface area contributed by atoms with Crippen LogP contribution in [0.15, 0.2) is 46.8 Å². The Morgan fingerprint density at radius 2 is 2.00 bits per heavy atom. The van der Waals surface area contributed by atoms with Crippen molar-refractivity contribution in [2.45, 2.75) is 95.8 Å². The second-order valence-corrected chi connectivity index (χ2v) is 15.0. The monoisotopic (exact) mass is 641 g/mol. The van der Waals surface area contributed by atoms with Crippen molar-refractivity contribution >= 4 is 41.1 Å². The van der Waals surface area contributed by atoms with Crippen LogP contribution >= 0.6 is 11.8 Å². The van der Waals surface area contributed by atoms with Crippen LogP contribution in [0, 0.1) is 34.0 Å². The van der Waals surface area contributed by atoms with Gasteiger partial charge in [-0.3, -0.25) is 19.4 Å². The van der Waals surface area contributed by atoms with Gasteiger partial charge in [-0.1, -0.05) is 39.8 Å². The van der Waals surface area contributed by atoms with E-state index in [1.807, 2.05) is 13.0 Å². The van der Waals surface area contributed by atoms with Crippen LogP contribution in [0.2, 0.25) is 0 Å². The fraction of sp³-hybridized carbons (Fsp3) is 0.647. The van der Waals surface area contributed by atoms with Crippen LogP contribution in [0.5, 0.6) is 0 Å². The van der Waals surface area contributed by atoms with Crippen molar-refractivity contribution in [3.8, 4) is 0 Å². The number of anilines is 1. The van der Waals surface area contributed by atoms with Gasteiger partial charge in [-0.15, -0.1) is 18.3 Å². The molecule has 9 atom stereocenters. The standard InChI is InChI=1S/C34H51N5O5S/c1-6-32(4)18-26(33(5)20(2)12-14-34(21(3)29(32)42)15-13-25(40)28(33)34)44-27(41)19-45-23-10-7-9-22(17-23)39-30(43)24(35)11-8-16-38-31(36)37/h6-7,9-10,17,20-21,24,26,28-29,42H,1,8,11-16,18-19,35H2,2-5H3,(H,39,43)(H4,36,37,38)/t20?,21-,24?,26+,28?,29?,32+,33-,34?/m0/s1. The second-order valence-electron chi connectivity index (χ2n) is 13.9. The number of ether oxygens (including phenoxy) is 1. The Balaban J connectivity index is 1.46. The summed E-state index contributed by atoms with van der Waals surface area (Å²) in [6.07, 6.45) is 5.00. The first-order valence-corrected chi connectivity index (χ1v) is 17.0. The van der Waals surface area contributed by atoms with Gasteiger partial charge in [0, 0.05) is 40.3 Å². The van der Waals surface area contributed by atoms with E-state index in [1.165, 1.54) is 11.8 Å². The minimum atomic E-state index is -0.717. The number of thioether (sulfide) groups is 1. The molecular weight excluding hydrogens is 590 g/mol. The molecule has 3 fully saturated rings. The molecule has 8 N–H and O–H groups in total. The topological polar surface area (TPSA) is 183 Å². The first-order chi connectivity index (χ1) is 21.2. The average molecular weight is 642 g/mol. The lowest BCUT2D eigenvalue weighted by Crippen LogP contribution is -2.63. The molecule has 3 aliphatic rings. The highest BCUT2D eigenvalue weighted by atomic mass is 32.2. The normalized spacial score (nSPS) is 34.9. The Morgan fingerprint density at radius 3 is 2.69 bits per heavy atom. The molecule has 0 saturated heterocycles. The van der Waals surface area contributed by atoms with Gasteiger partial charge in [0.2, 0.25) is 5.91 Å². The molecule has 45 heavy (non-hydrogen) atoms. The van der Waals surface area contributed by atoms with Crippen LogP contribution in [0.4, 0.5) is 5.69 Å². The van der Waals surface area contributed by atoms with Crippen molar-refractivity contribution < 1.29 is 24.2 Å². The number of nitrogens with zero attached hydrogens (tertiary/aromatic N) is 1. The van der Waals surface area contributed by atoms with Crippen LogP contribution in [0.25, 0.3) is 0 Å². The number of nitrogens with two attached hydrogens (primary N) is 3. The summed E-state index contributed by atoms with van der Waals surface area (Å²) in [5, 5.41) is 14.5. The summed E-state index contributed by atoms with van der Waals surface area (Å²) in [6, 6.07) is 6.50. The lowest BCUT2D eigenvalue weighted by atomic mass is 9.44. The predicted octanol–water partition coefficient (Wildman–Crippen LogP) is 4.00. The Morgan fingerprint density at radius 1 is 1.27 bits per heavy atom. The van der Waals surface area contributed by atoms with Crippen molar-refractivity contribution in [1.82, 2.24) is 0 Å². The molecule has 5 unspecified atom stereocenters. The third kappa shape index (κ3) is 6.95. The van der Waals surface area contributed by atoms with Crippen molar-refractivity contribution in [2.75, 3.05) is 17.6 Å². The minimum Gasteiger partial charge on any atom is -0.461 e. The summed E-state index contributed by atoms with van der Waals surface area (Å²) < 4.78 is 6.35. The van der Waals surface area contributed by atoms with E-state index in [2.05, 4.69) is 37.7 Å². The lowest BCUT2D eigenvalue weighted by molar-refractivity contribution is -0.205. The Kier molecular flexibility index (Phi) is 10.8. The van der Waals surface area contributed by atoms with E-state index in [0.29, 0.717) is 37.9 Å². The van der Waals surface area contributed by atoms with Gasteiger partial charge in [0.25, 0.3) is 0 Å². The Bertz CT molecular complexity index is 1320. The number of benzene rings is 1. The van der Waals surface area contributed by atoms with Crippen molar-refractivity contribution in [3.05, 3.63) is 36.9 Å². The lowest BCUT2D eigenvalue weighted by Gasteiger charge is -2.61. The summed E-state index contributed by atoms with van der Waals surface area (Å²) >= 11 is 1.31. The van der Waals surface area contributed by atoms with E-state index < -0.39 is 29.1 Å². The zero-order valence-corrected chi connectivity index (χ0v) is 27.9. The zero-order chi connectivity index (χ0) is 33.2. The van der Waals surface area contributed by atoms with Crippen molar-refractivity contribution in [1.29, 1.82) is 0 Å². The maximum Gasteiger partial charge on any atom is 0.316 e. The quantitative estimate of drug-likeness (QED) is 0.0595. The van der Waals surface area contributed by atoms with Crippen LogP contribution in [0.3, 0.4) is 0 Å². The molecule has 1 aromatic carbocycles. The molecule has 0 aromatic heterocycles. The van der Waals surface area contributed by atoms with Crippen LogP contribution < -0.4 is 22.5 Å². The number of nitrogens with one attached hydrogen (secondary N) is 1. The van der Waals surface area contributed by atoms with Gasteiger partial charge < -0.3 is 32.4 Å². The van der Waals surface area contributed by atoms with Gasteiger partial charge in [0.1, 0.15) is 11.9 Å². The summed E-state index contributed by atoms with van der Waals surface area (Å²) in [7, 11) is 0.